The van der Waals surface area contributed by atoms with Crippen molar-refractivity contribution in [3.05, 3.63) is 33.4 Å². The third-order valence-corrected chi connectivity index (χ3v) is 5.17. The molecule has 0 bridgehead atoms. The summed E-state index contributed by atoms with van der Waals surface area (Å²) in [5.74, 6) is -0.108. The van der Waals surface area contributed by atoms with Gasteiger partial charge in [0.2, 0.25) is 0 Å². The zero-order chi connectivity index (χ0) is 17.8. The quantitative estimate of drug-likeness (QED) is 0.664. The van der Waals surface area contributed by atoms with Gasteiger partial charge in [-0.3, -0.25) is 4.79 Å². The summed E-state index contributed by atoms with van der Waals surface area (Å²) >= 11 is 0. The zero-order valence-electron chi connectivity index (χ0n) is 15.6. The Morgan fingerprint density at radius 2 is 1.57 bits per heavy atom. The highest BCUT2D eigenvalue weighted by Crippen LogP contribution is 2.41. The molecule has 0 aliphatic carbocycles. The minimum Gasteiger partial charge on any atom is -0.466 e. The third kappa shape index (κ3) is 5.90. The summed E-state index contributed by atoms with van der Waals surface area (Å²) < 4.78 is 5.08. The molecule has 1 aliphatic heterocycles. The number of ether oxygens (including phenoxy) is 1. The van der Waals surface area contributed by atoms with Crippen LogP contribution < -0.4 is 0 Å². The third-order valence-electron chi connectivity index (χ3n) is 3.97. The van der Waals surface area contributed by atoms with Gasteiger partial charge in [0.1, 0.15) is 0 Å². The molecule has 0 saturated heterocycles. The molecule has 0 aromatic heterocycles. The molecule has 1 heterocycles. The minimum absolute atomic E-state index is 0.108. The van der Waals surface area contributed by atoms with Gasteiger partial charge in [0.25, 0.3) is 0 Å². The molecule has 4 heteroatoms. The molecule has 1 unspecified atom stereocenters. The van der Waals surface area contributed by atoms with Gasteiger partial charge >= 0.3 is 5.97 Å². The molecular formula is C19H31O3P. The van der Waals surface area contributed by atoms with Gasteiger partial charge in [-0.05, 0) is 94.2 Å². The van der Waals surface area contributed by atoms with Crippen molar-refractivity contribution in [2.45, 2.75) is 72.8 Å². The number of hydrogen-bond donors (Lipinski definition) is 1. The molecule has 1 aromatic rings. The van der Waals surface area contributed by atoms with Crippen molar-refractivity contribution in [2.75, 3.05) is 6.61 Å². The number of esters is 1. The van der Waals surface area contributed by atoms with Crippen molar-refractivity contribution in [3.63, 3.8) is 0 Å². The number of hydrogen-bond acceptors (Lipinski definition) is 3. The van der Waals surface area contributed by atoms with Gasteiger partial charge in [0.05, 0.1) is 18.6 Å². The van der Waals surface area contributed by atoms with Crippen LogP contribution in [-0.4, -0.2) is 23.3 Å². The Kier molecular flexibility index (Phi) is 7.23. The molecule has 3 nitrogen and oxygen atoms in total. The van der Waals surface area contributed by atoms with Gasteiger partial charge in [-0.15, -0.1) is 8.58 Å². The van der Waals surface area contributed by atoms with Crippen molar-refractivity contribution in [1.82, 2.24) is 0 Å². The van der Waals surface area contributed by atoms with E-state index in [9.17, 15) is 4.79 Å². The first kappa shape index (κ1) is 20.1. The molecule has 1 atom stereocenters. The van der Waals surface area contributed by atoms with Crippen molar-refractivity contribution >= 4 is 14.6 Å². The Morgan fingerprint density at radius 1 is 1.09 bits per heavy atom. The monoisotopic (exact) mass is 338 g/mol. The molecule has 0 amide bonds. The number of carbonyl (C=O) groups is 1. The van der Waals surface area contributed by atoms with Crippen LogP contribution >= 0.6 is 8.58 Å². The van der Waals surface area contributed by atoms with Crippen LogP contribution in [0.1, 0.15) is 61.1 Å². The molecule has 1 aliphatic rings. The fraction of sp³-hybridized carbons (Fsp3) is 0.632. The summed E-state index contributed by atoms with van der Waals surface area (Å²) in [6, 6.07) is 0. The largest absolute Gasteiger partial charge is 0.466 e. The summed E-state index contributed by atoms with van der Waals surface area (Å²) in [5.41, 5.74) is 7.72. The smallest absolute Gasteiger partial charge is 0.310 e. The first-order valence-corrected chi connectivity index (χ1v) is 9.66. The number of fused-ring (bicyclic) bond motifs is 1. The lowest BCUT2D eigenvalue weighted by Gasteiger charge is -2.17. The fourth-order valence-corrected chi connectivity index (χ4v) is 4.36. The van der Waals surface area contributed by atoms with Crippen LogP contribution in [0.4, 0.5) is 0 Å². The van der Waals surface area contributed by atoms with E-state index in [4.69, 9.17) is 9.84 Å². The van der Waals surface area contributed by atoms with E-state index in [1.807, 2.05) is 6.92 Å². The Morgan fingerprint density at radius 3 is 2.04 bits per heavy atom. The molecule has 1 aromatic carbocycles. The molecule has 0 spiro atoms. The second-order valence-electron chi connectivity index (χ2n) is 7.07. The summed E-state index contributed by atoms with van der Waals surface area (Å²) in [7, 11) is 1.01. The summed E-state index contributed by atoms with van der Waals surface area (Å²) in [6.45, 7) is 14.0. The van der Waals surface area contributed by atoms with E-state index >= 15 is 0 Å². The number of rotatable bonds is 3. The van der Waals surface area contributed by atoms with E-state index in [0.717, 1.165) is 8.58 Å². The average molecular weight is 338 g/mol. The van der Waals surface area contributed by atoms with Crippen LogP contribution in [0.5, 0.6) is 0 Å². The van der Waals surface area contributed by atoms with Gasteiger partial charge in [-0.1, -0.05) is 0 Å². The number of benzene rings is 1. The Hall–Kier alpha value is -0.920. The Labute approximate surface area is 142 Å². The first-order valence-electron chi connectivity index (χ1n) is 8.25. The van der Waals surface area contributed by atoms with Gasteiger partial charge < -0.3 is 9.84 Å². The van der Waals surface area contributed by atoms with E-state index in [2.05, 4.69) is 20.8 Å². The zero-order valence-corrected chi connectivity index (χ0v) is 16.6. The standard InChI is InChI=1S/C15H21O2P.C4H10O/c1-5-17-15(16)6-12-9(2)10(3)13-7-18-8-14(13)11(12)4;1-4(2,3)5/h18H,5-8H2,1-4H3;5H,1-3H3. The van der Waals surface area contributed by atoms with Crippen LogP contribution in [0.2, 0.25) is 0 Å². The molecule has 1 N–H and O–H groups in total. The summed E-state index contributed by atoms with van der Waals surface area (Å²) in [6.07, 6.45) is 2.84. The molecule has 23 heavy (non-hydrogen) atoms. The van der Waals surface area contributed by atoms with E-state index < -0.39 is 5.60 Å². The first-order chi connectivity index (χ1) is 10.6. The predicted octanol–water partition coefficient (Wildman–Crippen LogP) is 4.19. The molecule has 0 fully saturated rings. The maximum absolute atomic E-state index is 11.7. The predicted molar refractivity (Wildman–Crippen MR) is 98.7 cm³/mol. The van der Waals surface area contributed by atoms with Crippen LogP contribution in [-0.2, 0) is 28.3 Å². The Balaban J connectivity index is 0.000000463. The highest BCUT2D eigenvalue weighted by Gasteiger charge is 2.22. The molecule has 130 valence electrons. The second-order valence-corrected chi connectivity index (χ2v) is 8.27. The second kappa shape index (κ2) is 8.26. The van der Waals surface area contributed by atoms with Crippen LogP contribution in [0.15, 0.2) is 0 Å². The van der Waals surface area contributed by atoms with E-state index in [1.165, 1.54) is 45.7 Å². The van der Waals surface area contributed by atoms with Crippen molar-refractivity contribution < 1.29 is 14.6 Å². The average Bonchev–Trinajstić information content (AvgIpc) is 2.89. The van der Waals surface area contributed by atoms with Gasteiger partial charge in [-0.25, -0.2) is 0 Å². The topological polar surface area (TPSA) is 46.5 Å². The fourth-order valence-electron chi connectivity index (χ4n) is 2.78. The van der Waals surface area contributed by atoms with Gasteiger partial charge in [-0.2, -0.15) is 0 Å². The number of carbonyl (C=O) groups excluding carboxylic acids is 1. The highest BCUT2D eigenvalue weighted by molar-refractivity contribution is 7.36. The Bertz CT molecular complexity index is 565. The minimum atomic E-state index is -0.500. The lowest BCUT2D eigenvalue weighted by atomic mass is 9.88. The van der Waals surface area contributed by atoms with Crippen LogP contribution in [0.3, 0.4) is 0 Å². The molecule has 0 saturated carbocycles. The van der Waals surface area contributed by atoms with Crippen molar-refractivity contribution in [2.24, 2.45) is 0 Å². The SMILES string of the molecule is CC(C)(C)O.CCOC(=O)Cc1c(C)c(C)c2c(c1C)CPC2. The maximum Gasteiger partial charge on any atom is 0.310 e. The lowest BCUT2D eigenvalue weighted by molar-refractivity contribution is -0.142. The number of aliphatic hydroxyl groups is 1. The maximum atomic E-state index is 11.7. The van der Waals surface area contributed by atoms with E-state index in [1.54, 1.807) is 20.8 Å². The molecular weight excluding hydrogens is 307 g/mol. The van der Waals surface area contributed by atoms with Gasteiger partial charge in [0.15, 0.2) is 0 Å². The lowest BCUT2D eigenvalue weighted by Crippen LogP contribution is -2.12. The summed E-state index contributed by atoms with van der Waals surface area (Å²) in [4.78, 5) is 11.7. The van der Waals surface area contributed by atoms with Gasteiger partial charge in [0, 0.05) is 0 Å². The van der Waals surface area contributed by atoms with Crippen molar-refractivity contribution in [3.8, 4) is 0 Å². The summed E-state index contributed by atoms with van der Waals surface area (Å²) in [5, 5.41) is 8.52. The van der Waals surface area contributed by atoms with E-state index in [0.29, 0.717) is 13.0 Å². The van der Waals surface area contributed by atoms with E-state index in [-0.39, 0.29) is 5.97 Å². The molecule has 2 rings (SSSR count). The van der Waals surface area contributed by atoms with Crippen molar-refractivity contribution in [1.29, 1.82) is 0 Å². The molecule has 0 radical (unpaired) electrons. The normalized spacial score (nSPS) is 14.3. The van der Waals surface area contributed by atoms with Crippen LogP contribution in [0, 0.1) is 20.8 Å². The highest BCUT2D eigenvalue weighted by atomic mass is 31.1. The van der Waals surface area contributed by atoms with Crippen LogP contribution in [0.25, 0.3) is 0 Å².